The molecule has 26 heavy (non-hydrogen) atoms. The number of nitro groups is 1. The highest BCUT2D eigenvalue weighted by Crippen LogP contribution is 2.24. The van der Waals surface area contributed by atoms with Gasteiger partial charge in [0.15, 0.2) is 0 Å². The summed E-state index contributed by atoms with van der Waals surface area (Å²) in [5.41, 5.74) is 1.25. The van der Waals surface area contributed by atoms with Gasteiger partial charge in [-0.15, -0.1) is 0 Å². The van der Waals surface area contributed by atoms with Crippen LogP contribution in [-0.2, 0) is 11.3 Å². The zero-order valence-electron chi connectivity index (χ0n) is 13.7. The van der Waals surface area contributed by atoms with Crippen molar-refractivity contribution in [3.05, 3.63) is 100 Å². The lowest BCUT2D eigenvalue weighted by molar-refractivity contribution is -0.384. The molecule has 6 heteroatoms. The second kappa shape index (κ2) is 7.94. The van der Waals surface area contributed by atoms with Gasteiger partial charge in [-0.3, -0.25) is 10.1 Å². The van der Waals surface area contributed by atoms with E-state index < -0.39 is 10.9 Å². The lowest BCUT2D eigenvalue weighted by Crippen LogP contribution is -2.05. The molecule has 0 saturated carbocycles. The van der Waals surface area contributed by atoms with Crippen LogP contribution in [0.4, 0.5) is 5.69 Å². The van der Waals surface area contributed by atoms with Gasteiger partial charge in [-0.05, 0) is 35.9 Å². The summed E-state index contributed by atoms with van der Waals surface area (Å²) in [5.74, 6) is 0.418. The Balaban J connectivity index is 1.65. The molecule has 0 aliphatic rings. The number of carbonyl (C=O) groups excluding carboxylic acids is 1. The van der Waals surface area contributed by atoms with E-state index in [9.17, 15) is 14.9 Å². The van der Waals surface area contributed by atoms with Crippen molar-refractivity contribution in [2.75, 3.05) is 0 Å². The van der Waals surface area contributed by atoms with Crippen LogP contribution >= 0.6 is 0 Å². The summed E-state index contributed by atoms with van der Waals surface area (Å²) in [5, 5.41) is 10.7. The first-order valence-corrected chi connectivity index (χ1v) is 7.85. The Hall–Kier alpha value is -3.67. The van der Waals surface area contributed by atoms with Crippen LogP contribution in [0.2, 0.25) is 0 Å². The molecule has 0 spiro atoms. The van der Waals surface area contributed by atoms with Gasteiger partial charge in [0.05, 0.1) is 10.5 Å². The van der Waals surface area contributed by atoms with Gasteiger partial charge in [0, 0.05) is 12.1 Å². The molecule has 3 rings (SSSR count). The molecule has 0 heterocycles. The van der Waals surface area contributed by atoms with Crippen molar-refractivity contribution >= 4 is 11.7 Å². The summed E-state index contributed by atoms with van der Waals surface area (Å²) >= 11 is 0. The first kappa shape index (κ1) is 17.2. The number of non-ortho nitro benzene ring substituents is 1. The minimum atomic E-state index is -0.479. The lowest BCUT2D eigenvalue weighted by Gasteiger charge is -2.08. The fourth-order valence-corrected chi connectivity index (χ4v) is 2.26. The smallest absolute Gasteiger partial charge is 0.338 e. The number of carbonyl (C=O) groups is 1. The number of rotatable bonds is 6. The molecule has 0 N–H and O–H groups in total. The molecular weight excluding hydrogens is 334 g/mol. The maximum atomic E-state index is 12.2. The van der Waals surface area contributed by atoms with Crippen molar-refractivity contribution in [2.45, 2.75) is 6.61 Å². The van der Waals surface area contributed by atoms with E-state index in [4.69, 9.17) is 9.47 Å². The fourth-order valence-electron chi connectivity index (χ4n) is 2.26. The van der Waals surface area contributed by atoms with E-state index in [-0.39, 0.29) is 12.3 Å². The normalized spacial score (nSPS) is 10.2. The summed E-state index contributed by atoms with van der Waals surface area (Å²) in [6, 6.07) is 21.7. The Morgan fingerprint density at radius 3 is 2.31 bits per heavy atom. The van der Waals surface area contributed by atoms with Crippen LogP contribution in [-0.4, -0.2) is 10.9 Å². The van der Waals surface area contributed by atoms with Crippen molar-refractivity contribution in [3.8, 4) is 11.5 Å². The van der Waals surface area contributed by atoms with Crippen LogP contribution in [0.15, 0.2) is 78.9 Å². The van der Waals surface area contributed by atoms with E-state index in [0.717, 1.165) is 5.56 Å². The molecule has 0 aliphatic heterocycles. The van der Waals surface area contributed by atoms with E-state index in [1.165, 1.54) is 24.3 Å². The first-order chi connectivity index (χ1) is 12.6. The molecular formula is C20H15NO5. The third-order valence-electron chi connectivity index (χ3n) is 3.57. The Morgan fingerprint density at radius 1 is 0.885 bits per heavy atom. The number of ether oxygens (including phenoxy) is 2. The Kier molecular flexibility index (Phi) is 5.24. The summed E-state index contributed by atoms with van der Waals surface area (Å²) in [4.78, 5) is 22.4. The van der Waals surface area contributed by atoms with E-state index >= 15 is 0 Å². The predicted molar refractivity (Wildman–Crippen MR) is 95.2 cm³/mol. The molecule has 0 radical (unpaired) electrons. The van der Waals surface area contributed by atoms with Gasteiger partial charge in [0.2, 0.25) is 0 Å². The molecule has 0 aromatic heterocycles. The Labute approximate surface area is 149 Å². The van der Waals surface area contributed by atoms with Gasteiger partial charge >= 0.3 is 5.97 Å². The predicted octanol–water partition coefficient (Wildman–Crippen LogP) is 4.74. The van der Waals surface area contributed by atoms with Crippen molar-refractivity contribution in [3.63, 3.8) is 0 Å². The SMILES string of the molecule is O=C(OCc1ccccc1)c1cccc(Oc2ccc([N+](=O)[O-])cc2)c1. The summed E-state index contributed by atoms with van der Waals surface area (Å²) < 4.78 is 10.9. The van der Waals surface area contributed by atoms with Crippen molar-refractivity contribution in [2.24, 2.45) is 0 Å². The summed E-state index contributed by atoms with van der Waals surface area (Å²) in [6.45, 7) is 0.188. The molecule has 0 bridgehead atoms. The highest BCUT2D eigenvalue weighted by Gasteiger charge is 2.10. The number of hydrogen-bond acceptors (Lipinski definition) is 5. The number of nitro benzene ring substituents is 1. The van der Waals surface area contributed by atoms with Crippen LogP contribution in [0.5, 0.6) is 11.5 Å². The average molecular weight is 349 g/mol. The van der Waals surface area contributed by atoms with Gasteiger partial charge in [-0.25, -0.2) is 4.79 Å². The molecule has 0 atom stereocenters. The molecule has 3 aromatic rings. The molecule has 0 saturated heterocycles. The van der Waals surface area contributed by atoms with Crippen molar-refractivity contribution in [1.29, 1.82) is 0 Å². The maximum Gasteiger partial charge on any atom is 0.338 e. The third kappa shape index (κ3) is 4.45. The molecule has 0 fully saturated rings. The number of esters is 1. The van der Waals surface area contributed by atoms with E-state index in [1.54, 1.807) is 24.3 Å². The van der Waals surface area contributed by atoms with E-state index in [2.05, 4.69) is 0 Å². The zero-order valence-corrected chi connectivity index (χ0v) is 13.7. The number of hydrogen-bond donors (Lipinski definition) is 0. The molecule has 6 nitrogen and oxygen atoms in total. The van der Waals surface area contributed by atoms with Gasteiger partial charge < -0.3 is 9.47 Å². The van der Waals surface area contributed by atoms with Crippen LogP contribution in [0.3, 0.4) is 0 Å². The molecule has 130 valence electrons. The maximum absolute atomic E-state index is 12.2. The third-order valence-corrected chi connectivity index (χ3v) is 3.57. The van der Waals surface area contributed by atoms with Gasteiger partial charge in [-0.2, -0.15) is 0 Å². The lowest BCUT2D eigenvalue weighted by atomic mass is 10.2. The summed E-state index contributed by atoms with van der Waals surface area (Å²) in [7, 11) is 0. The van der Waals surface area contributed by atoms with Gasteiger partial charge in [-0.1, -0.05) is 36.4 Å². The number of nitrogens with zero attached hydrogens (tertiary/aromatic N) is 1. The monoisotopic (exact) mass is 349 g/mol. The Morgan fingerprint density at radius 2 is 1.62 bits per heavy atom. The standard InChI is InChI=1S/C20H15NO5/c22-20(25-14-15-5-2-1-3-6-15)16-7-4-8-19(13-16)26-18-11-9-17(10-12-18)21(23)24/h1-13H,14H2. The highest BCUT2D eigenvalue weighted by molar-refractivity contribution is 5.89. The first-order valence-electron chi connectivity index (χ1n) is 7.85. The molecule has 3 aromatic carbocycles. The molecule has 0 aliphatic carbocycles. The van der Waals surface area contributed by atoms with Crippen LogP contribution in [0, 0.1) is 10.1 Å². The van der Waals surface area contributed by atoms with Crippen LogP contribution in [0.25, 0.3) is 0 Å². The molecule has 0 amide bonds. The minimum absolute atomic E-state index is 0.0180. The van der Waals surface area contributed by atoms with Gasteiger partial charge in [0.1, 0.15) is 18.1 Å². The van der Waals surface area contributed by atoms with Crippen molar-refractivity contribution in [1.82, 2.24) is 0 Å². The Bertz CT molecular complexity index is 907. The second-order valence-electron chi connectivity index (χ2n) is 5.44. The minimum Gasteiger partial charge on any atom is -0.457 e. The quantitative estimate of drug-likeness (QED) is 0.365. The van der Waals surface area contributed by atoms with Gasteiger partial charge in [0.25, 0.3) is 5.69 Å². The fraction of sp³-hybridized carbons (Fsp3) is 0.0500. The number of benzene rings is 3. The highest BCUT2D eigenvalue weighted by atomic mass is 16.6. The van der Waals surface area contributed by atoms with Crippen LogP contribution < -0.4 is 4.74 Å². The second-order valence-corrected chi connectivity index (χ2v) is 5.44. The van der Waals surface area contributed by atoms with Crippen LogP contribution in [0.1, 0.15) is 15.9 Å². The summed E-state index contributed by atoms with van der Waals surface area (Å²) in [6.07, 6.45) is 0. The average Bonchev–Trinajstić information content (AvgIpc) is 2.67. The largest absolute Gasteiger partial charge is 0.457 e. The van der Waals surface area contributed by atoms with E-state index in [0.29, 0.717) is 17.1 Å². The van der Waals surface area contributed by atoms with Crippen molar-refractivity contribution < 1.29 is 19.2 Å². The topological polar surface area (TPSA) is 78.7 Å². The zero-order chi connectivity index (χ0) is 18.4. The van der Waals surface area contributed by atoms with E-state index in [1.807, 2.05) is 30.3 Å². The molecule has 0 unspecified atom stereocenters.